The monoisotopic (exact) mass is 257 g/mol. The Kier molecular flexibility index (Phi) is 4.95. The molecule has 0 fully saturated rings. The molecule has 0 aliphatic carbocycles. The molecular formula is C16H19NO2. The van der Waals surface area contributed by atoms with E-state index in [1.165, 1.54) is 0 Å². The van der Waals surface area contributed by atoms with Crippen molar-refractivity contribution in [2.75, 3.05) is 13.7 Å². The molecule has 2 aromatic rings. The maximum Gasteiger partial charge on any atom is 0.119 e. The minimum atomic E-state index is -0.0248. The summed E-state index contributed by atoms with van der Waals surface area (Å²) in [4.78, 5) is 0. The molecule has 0 aliphatic heterocycles. The van der Waals surface area contributed by atoms with E-state index in [1.807, 2.05) is 61.6 Å². The topological polar surface area (TPSA) is 41.5 Å². The first kappa shape index (κ1) is 13.6. The molecular weight excluding hydrogens is 238 g/mol. The van der Waals surface area contributed by atoms with Crippen LogP contribution in [0.5, 0.6) is 5.75 Å². The van der Waals surface area contributed by atoms with Crippen molar-refractivity contribution >= 4 is 0 Å². The number of aliphatic hydroxyl groups is 1. The highest BCUT2D eigenvalue weighted by Gasteiger charge is 2.07. The Labute approximate surface area is 113 Å². The Morgan fingerprint density at radius 2 is 1.74 bits per heavy atom. The summed E-state index contributed by atoms with van der Waals surface area (Å²) < 4.78 is 5.71. The first-order valence-electron chi connectivity index (χ1n) is 6.38. The van der Waals surface area contributed by atoms with E-state index in [0.29, 0.717) is 6.61 Å². The van der Waals surface area contributed by atoms with E-state index >= 15 is 0 Å². The van der Waals surface area contributed by atoms with Crippen molar-refractivity contribution < 1.29 is 9.84 Å². The summed E-state index contributed by atoms with van der Waals surface area (Å²) in [6.45, 7) is 0.649. The second-order valence-corrected chi connectivity index (χ2v) is 4.37. The molecule has 0 amide bonds. The minimum absolute atomic E-state index is 0.0248. The van der Waals surface area contributed by atoms with E-state index in [2.05, 4.69) is 5.32 Å². The number of nitrogens with one attached hydrogen (secondary N) is 1. The molecule has 0 radical (unpaired) electrons. The lowest BCUT2D eigenvalue weighted by Crippen LogP contribution is -2.19. The van der Waals surface area contributed by atoms with Gasteiger partial charge in [0.05, 0.1) is 12.6 Å². The molecule has 0 aliphatic rings. The van der Waals surface area contributed by atoms with E-state index in [1.54, 1.807) is 0 Å². The number of aliphatic hydroxyl groups excluding tert-OH is 1. The van der Waals surface area contributed by atoms with Crippen LogP contribution in [0.25, 0.3) is 0 Å². The normalized spacial score (nSPS) is 12.1. The molecule has 100 valence electrons. The number of likely N-dealkylation sites (N-methyl/N-ethyl adjacent to an activating group) is 1. The van der Waals surface area contributed by atoms with Gasteiger partial charge < -0.3 is 15.2 Å². The van der Waals surface area contributed by atoms with Crippen LogP contribution in [0.1, 0.15) is 17.2 Å². The van der Waals surface area contributed by atoms with Gasteiger partial charge in [0.1, 0.15) is 12.4 Å². The van der Waals surface area contributed by atoms with Crippen LogP contribution < -0.4 is 10.1 Å². The first-order chi connectivity index (χ1) is 9.33. The van der Waals surface area contributed by atoms with Gasteiger partial charge in [-0.1, -0.05) is 42.5 Å². The molecule has 2 aromatic carbocycles. The average Bonchev–Trinajstić information content (AvgIpc) is 2.49. The lowest BCUT2D eigenvalue weighted by molar-refractivity contribution is 0.250. The van der Waals surface area contributed by atoms with Crippen molar-refractivity contribution in [3.8, 4) is 5.75 Å². The molecule has 3 heteroatoms. The first-order valence-corrected chi connectivity index (χ1v) is 6.38. The molecule has 0 heterocycles. The zero-order chi connectivity index (χ0) is 13.5. The van der Waals surface area contributed by atoms with Gasteiger partial charge in [0.2, 0.25) is 0 Å². The van der Waals surface area contributed by atoms with E-state index in [-0.39, 0.29) is 12.6 Å². The van der Waals surface area contributed by atoms with Crippen LogP contribution in [0.4, 0.5) is 0 Å². The summed E-state index contributed by atoms with van der Waals surface area (Å²) in [6, 6.07) is 17.8. The maximum absolute atomic E-state index is 9.21. The number of hydrogen-bond acceptors (Lipinski definition) is 3. The fraction of sp³-hybridized carbons (Fsp3) is 0.250. The largest absolute Gasteiger partial charge is 0.489 e. The minimum Gasteiger partial charge on any atom is -0.489 e. The molecule has 0 aromatic heterocycles. The van der Waals surface area contributed by atoms with Crippen molar-refractivity contribution in [2.45, 2.75) is 12.6 Å². The predicted octanol–water partition coefficient (Wildman–Crippen LogP) is 2.52. The standard InChI is InChI=1S/C16H19NO2/c1-17-16(11-18)14-7-9-15(10-8-14)19-12-13-5-3-2-4-6-13/h2-10,16-18H,11-12H2,1H3/t16-/m0/s1. The van der Waals surface area contributed by atoms with Gasteiger partial charge in [-0.05, 0) is 30.3 Å². The van der Waals surface area contributed by atoms with E-state index < -0.39 is 0 Å². The van der Waals surface area contributed by atoms with Crippen molar-refractivity contribution in [2.24, 2.45) is 0 Å². The Morgan fingerprint density at radius 1 is 1.05 bits per heavy atom. The van der Waals surface area contributed by atoms with Gasteiger partial charge in [0.25, 0.3) is 0 Å². The number of hydrogen-bond donors (Lipinski definition) is 2. The Morgan fingerprint density at radius 3 is 2.32 bits per heavy atom. The molecule has 3 nitrogen and oxygen atoms in total. The Bertz CT molecular complexity index is 478. The third-order valence-electron chi connectivity index (χ3n) is 3.06. The summed E-state index contributed by atoms with van der Waals surface area (Å²) in [5.41, 5.74) is 2.20. The molecule has 0 bridgehead atoms. The number of rotatable bonds is 6. The van der Waals surface area contributed by atoms with Crippen LogP contribution >= 0.6 is 0 Å². The van der Waals surface area contributed by atoms with Crippen LogP contribution in [0.2, 0.25) is 0 Å². The van der Waals surface area contributed by atoms with Gasteiger partial charge >= 0.3 is 0 Å². The lowest BCUT2D eigenvalue weighted by Gasteiger charge is -2.14. The molecule has 0 spiro atoms. The molecule has 0 saturated heterocycles. The van der Waals surface area contributed by atoms with E-state index in [4.69, 9.17) is 4.74 Å². The van der Waals surface area contributed by atoms with Gasteiger partial charge in [-0.25, -0.2) is 0 Å². The highest BCUT2D eigenvalue weighted by molar-refractivity contribution is 5.29. The summed E-state index contributed by atoms with van der Waals surface area (Å²) in [5, 5.41) is 12.3. The van der Waals surface area contributed by atoms with Crippen molar-refractivity contribution in [1.82, 2.24) is 5.32 Å². The molecule has 0 saturated carbocycles. The lowest BCUT2D eigenvalue weighted by atomic mass is 10.1. The highest BCUT2D eigenvalue weighted by atomic mass is 16.5. The van der Waals surface area contributed by atoms with E-state index in [9.17, 15) is 5.11 Å². The van der Waals surface area contributed by atoms with Crippen molar-refractivity contribution in [3.63, 3.8) is 0 Å². The van der Waals surface area contributed by atoms with Crippen molar-refractivity contribution in [3.05, 3.63) is 65.7 Å². The second-order valence-electron chi connectivity index (χ2n) is 4.37. The fourth-order valence-corrected chi connectivity index (χ4v) is 1.90. The molecule has 1 atom stereocenters. The van der Waals surface area contributed by atoms with Crippen LogP contribution in [-0.2, 0) is 6.61 Å². The summed E-state index contributed by atoms with van der Waals surface area (Å²) >= 11 is 0. The summed E-state index contributed by atoms with van der Waals surface area (Å²) in [6.07, 6.45) is 0. The zero-order valence-corrected chi connectivity index (χ0v) is 11.0. The van der Waals surface area contributed by atoms with Crippen LogP contribution in [-0.4, -0.2) is 18.8 Å². The van der Waals surface area contributed by atoms with Gasteiger partial charge in [-0.2, -0.15) is 0 Å². The Hall–Kier alpha value is -1.84. The summed E-state index contributed by atoms with van der Waals surface area (Å²) in [5.74, 6) is 0.834. The molecule has 0 unspecified atom stereocenters. The zero-order valence-electron chi connectivity index (χ0n) is 11.0. The predicted molar refractivity (Wildman–Crippen MR) is 76.1 cm³/mol. The van der Waals surface area contributed by atoms with Gasteiger partial charge in [-0.3, -0.25) is 0 Å². The Balaban J connectivity index is 1.95. The van der Waals surface area contributed by atoms with Crippen LogP contribution in [0.15, 0.2) is 54.6 Å². The third-order valence-corrected chi connectivity index (χ3v) is 3.06. The number of benzene rings is 2. The van der Waals surface area contributed by atoms with Crippen LogP contribution in [0, 0.1) is 0 Å². The molecule has 2 rings (SSSR count). The smallest absolute Gasteiger partial charge is 0.119 e. The average molecular weight is 257 g/mol. The van der Waals surface area contributed by atoms with Gasteiger partial charge in [0, 0.05) is 0 Å². The summed E-state index contributed by atoms with van der Waals surface area (Å²) in [7, 11) is 1.83. The fourth-order valence-electron chi connectivity index (χ4n) is 1.90. The van der Waals surface area contributed by atoms with E-state index in [0.717, 1.165) is 16.9 Å². The van der Waals surface area contributed by atoms with Gasteiger partial charge in [-0.15, -0.1) is 0 Å². The van der Waals surface area contributed by atoms with Crippen molar-refractivity contribution in [1.29, 1.82) is 0 Å². The SMILES string of the molecule is CN[C@@H](CO)c1ccc(OCc2ccccc2)cc1. The van der Waals surface area contributed by atoms with Gasteiger partial charge in [0.15, 0.2) is 0 Å². The maximum atomic E-state index is 9.21. The quantitative estimate of drug-likeness (QED) is 0.835. The van der Waals surface area contributed by atoms with Crippen LogP contribution in [0.3, 0.4) is 0 Å². The molecule has 19 heavy (non-hydrogen) atoms. The number of ether oxygens (including phenoxy) is 1. The second kappa shape index (κ2) is 6.92. The third kappa shape index (κ3) is 3.81. The molecule has 2 N–H and O–H groups in total. The highest BCUT2D eigenvalue weighted by Crippen LogP contribution is 2.18.